The molecule has 0 radical (unpaired) electrons. The van der Waals surface area contributed by atoms with Crippen LogP contribution in [0, 0.1) is 0 Å². The minimum absolute atomic E-state index is 0. The summed E-state index contributed by atoms with van der Waals surface area (Å²) in [6.07, 6.45) is 11.1. The van der Waals surface area contributed by atoms with Gasteiger partial charge in [-0.05, 0) is 31.4 Å². The van der Waals surface area contributed by atoms with Crippen LogP contribution in [0.1, 0.15) is 29.2 Å². The highest BCUT2D eigenvalue weighted by Gasteiger charge is 2.11. The largest absolute Gasteiger partial charge is 0.375 e. The fraction of sp³-hybridized carbons (Fsp3) is 0.333. The molecule has 3 heterocycles. The Kier molecular flexibility index (Phi) is 6.34. The number of hydrogen-bond donors (Lipinski definition) is 2. The van der Waals surface area contributed by atoms with E-state index < -0.39 is 0 Å². The van der Waals surface area contributed by atoms with Crippen LogP contribution in [-0.2, 0) is 6.42 Å². The summed E-state index contributed by atoms with van der Waals surface area (Å²) in [5.41, 5.74) is 2.15. The number of anilines is 1. The number of aromatic amines is 1. The van der Waals surface area contributed by atoms with Crippen LogP contribution in [-0.4, -0.2) is 21.5 Å². The first-order valence-corrected chi connectivity index (χ1v) is 6.64. The highest BCUT2D eigenvalue weighted by Crippen LogP contribution is 2.29. The number of imidazole rings is 1. The number of fused-ring (bicyclic) bond motifs is 1. The van der Waals surface area contributed by atoms with E-state index in [4.69, 9.17) is 0 Å². The van der Waals surface area contributed by atoms with Gasteiger partial charge in [0.1, 0.15) is 10.0 Å². The summed E-state index contributed by atoms with van der Waals surface area (Å²) in [6, 6.07) is 0. The molecule has 0 saturated carbocycles. The van der Waals surface area contributed by atoms with Gasteiger partial charge in [0.25, 0.3) is 0 Å². The molecule has 0 atom stereocenters. The monoisotopic (exact) mass is 318 g/mol. The fourth-order valence-electron chi connectivity index (χ4n) is 1.89. The van der Waals surface area contributed by atoms with Crippen molar-refractivity contribution in [1.29, 1.82) is 0 Å². The maximum absolute atomic E-state index is 4.64. The quantitative estimate of drug-likeness (QED) is 0.889. The minimum atomic E-state index is 0. The van der Waals surface area contributed by atoms with E-state index in [1.54, 1.807) is 17.7 Å². The van der Waals surface area contributed by atoms with Crippen molar-refractivity contribution in [3.05, 3.63) is 28.9 Å². The molecular formula is C12H16Cl2N4S. The molecule has 2 aromatic rings. The number of halogens is 2. The third-order valence-corrected chi connectivity index (χ3v) is 3.78. The lowest BCUT2D eigenvalue weighted by Gasteiger charge is -1.96. The van der Waals surface area contributed by atoms with Gasteiger partial charge in [0, 0.05) is 12.7 Å². The smallest absolute Gasteiger partial charge is 0.118 e. The Bertz CT molecular complexity index is 498. The lowest BCUT2D eigenvalue weighted by atomic mass is 10.2. The number of H-pyrrole nitrogens is 1. The zero-order chi connectivity index (χ0) is 11.5. The molecule has 19 heavy (non-hydrogen) atoms. The number of rotatable bonds is 2. The van der Waals surface area contributed by atoms with E-state index in [2.05, 4.69) is 20.3 Å². The normalized spacial score (nSPS) is 13.9. The Morgan fingerprint density at radius 1 is 1.21 bits per heavy atom. The first-order chi connectivity index (χ1) is 8.42. The van der Waals surface area contributed by atoms with Crippen LogP contribution in [0.25, 0.3) is 12.2 Å². The van der Waals surface area contributed by atoms with E-state index in [9.17, 15) is 0 Å². The highest BCUT2D eigenvalue weighted by atomic mass is 35.5. The van der Waals surface area contributed by atoms with Crippen molar-refractivity contribution < 1.29 is 0 Å². The molecule has 0 amide bonds. The molecule has 0 fully saturated rings. The molecule has 0 unspecified atom stereocenters. The van der Waals surface area contributed by atoms with Gasteiger partial charge in [-0.15, -0.1) is 24.8 Å². The molecule has 1 aliphatic rings. The van der Waals surface area contributed by atoms with E-state index in [-0.39, 0.29) is 24.8 Å². The van der Waals surface area contributed by atoms with Gasteiger partial charge < -0.3 is 10.3 Å². The molecule has 0 saturated heterocycles. The van der Waals surface area contributed by atoms with Crippen LogP contribution in [0.4, 0.5) is 5.00 Å². The number of aryl methyl sites for hydroxylation is 1. The SMILES string of the molecule is C(=Cc1nc2c(s1)NCCCC2)c1c[nH]cn1.Cl.Cl. The van der Waals surface area contributed by atoms with E-state index in [1.165, 1.54) is 23.5 Å². The number of nitrogens with zero attached hydrogens (tertiary/aromatic N) is 2. The van der Waals surface area contributed by atoms with E-state index in [1.807, 2.05) is 18.3 Å². The zero-order valence-corrected chi connectivity index (χ0v) is 12.7. The second-order valence-electron chi connectivity index (χ2n) is 4.04. The third-order valence-electron chi connectivity index (χ3n) is 2.76. The van der Waals surface area contributed by atoms with Gasteiger partial charge in [-0.25, -0.2) is 9.97 Å². The summed E-state index contributed by atoms with van der Waals surface area (Å²) >= 11 is 1.72. The van der Waals surface area contributed by atoms with E-state index in [0.717, 1.165) is 23.7 Å². The van der Waals surface area contributed by atoms with E-state index >= 15 is 0 Å². The van der Waals surface area contributed by atoms with Crippen molar-refractivity contribution in [2.45, 2.75) is 19.3 Å². The molecular weight excluding hydrogens is 303 g/mol. The number of aromatic nitrogens is 3. The second-order valence-corrected chi connectivity index (χ2v) is 5.07. The molecule has 104 valence electrons. The van der Waals surface area contributed by atoms with Crippen LogP contribution >= 0.6 is 36.2 Å². The minimum Gasteiger partial charge on any atom is -0.375 e. The number of thiazole rings is 1. The number of nitrogens with one attached hydrogen (secondary N) is 2. The molecule has 1 aliphatic heterocycles. The van der Waals surface area contributed by atoms with Crippen LogP contribution in [0.3, 0.4) is 0 Å². The van der Waals surface area contributed by atoms with Gasteiger partial charge >= 0.3 is 0 Å². The summed E-state index contributed by atoms with van der Waals surface area (Å²) < 4.78 is 0. The molecule has 3 rings (SSSR count). The zero-order valence-electron chi connectivity index (χ0n) is 10.3. The van der Waals surface area contributed by atoms with Gasteiger partial charge in [-0.3, -0.25) is 0 Å². The van der Waals surface area contributed by atoms with Crippen LogP contribution in [0.5, 0.6) is 0 Å². The number of hydrogen-bond acceptors (Lipinski definition) is 4. The second kappa shape index (κ2) is 7.53. The maximum Gasteiger partial charge on any atom is 0.118 e. The summed E-state index contributed by atoms with van der Waals surface area (Å²) in [5, 5.41) is 5.73. The topological polar surface area (TPSA) is 53.6 Å². The summed E-state index contributed by atoms with van der Waals surface area (Å²) in [6.45, 7) is 1.07. The third kappa shape index (κ3) is 3.96. The molecule has 2 aromatic heterocycles. The Hall–Kier alpha value is -1.04. The first kappa shape index (κ1) is 16.0. The van der Waals surface area contributed by atoms with Crippen molar-refractivity contribution in [1.82, 2.24) is 15.0 Å². The summed E-state index contributed by atoms with van der Waals surface area (Å²) in [4.78, 5) is 11.7. The Morgan fingerprint density at radius 3 is 2.89 bits per heavy atom. The van der Waals surface area contributed by atoms with Gasteiger partial charge in [0.2, 0.25) is 0 Å². The highest BCUT2D eigenvalue weighted by molar-refractivity contribution is 7.16. The van der Waals surface area contributed by atoms with Crippen molar-refractivity contribution in [3.63, 3.8) is 0 Å². The Morgan fingerprint density at radius 2 is 2.11 bits per heavy atom. The van der Waals surface area contributed by atoms with Crippen molar-refractivity contribution >= 4 is 53.3 Å². The average Bonchev–Trinajstić information content (AvgIpc) is 2.93. The van der Waals surface area contributed by atoms with Crippen LogP contribution < -0.4 is 5.32 Å². The van der Waals surface area contributed by atoms with Gasteiger partial charge in [0.15, 0.2) is 0 Å². The van der Waals surface area contributed by atoms with Crippen LogP contribution in [0.15, 0.2) is 12.5 Å². The molecule has 7 heteroatoms. The average molecular weight is 319 g/mol. The molecule has 0 bridgehead atoms. The van der Waals surface area contributed by atoms with Crippen molar-refractivity contribution in [3.8, 4) is 0 Å². The van der Waals surface area contributed by atoms with Gasteiger partial charge in [-0.1, -0.05) is 11.3 Å². The molecule has 0 spiro atoms. The maximum atomic E-state index is 4.64. The van der Waals surface area contributed by atoms with Gasteiger partial charge in [0.05, 0.1) is 17.7 Å². The van der Waals surface area contributed by atoms with Crippen molar-refractivity contribution in [2.75, 3.05) is 11.9 Å². The fourth-order valence-corrected chi connectivity index (χ4v) is 2.83. The predicted molar refractivity (Wildman–Crippen MR) is 85.6 cm³/mol. The van der Waals surface area contributed by atoms with Crippen molar-refractivity contribution in [2.24, 2.45) is 0 Å². The summed E-state index contributed by atoms with van der Waals surface area (Å²) in [5.74, 6) is 0. The lowest BCUT2D eigenvalue weighted by Crippen LogP contribution is -1.96. The Balaban J connectivity index is 0.000000902. The standard InChI is InChI=1S/C12H14N4S.2ClH/c1-2-6-14-12-10(3-1)16-11(17-12)5-4-9-7-13-8-15-9;;/h4-5,7-8,14H,1-3,6H2,(H,13,15);2*1H. The molecule has 0 aliphatic carbocycles. The summed E-state index contributed by atoms with van der Waals surface area (Å²) in [7, 11) is 0. The van der Waals surface area contributed by atoms with Gasteiger partial charge in [-0.2, -0.15) is 0 Å². The lowest BCUT2D eigenvalue weighted by molar-refractivity contribution is 0.774. The Labute approximate surface area is 128 Å². The first-order valence-electron chi connectivity index (χ1n) is 5.82. The van der Waals surface area contributed by atoms with Crippen LogP contribution in [0.2, 0.25) is 0 Å². The van der Waals surface area contributed by atoms with E-state index in [0.29, 0.717) is 0 Å². The molecule has 4 nitrogen and oxygen atoms in total. The molecule has 0 aromatic carbocycles. The predicted octanol–water partition coefficient (Wildman–Crippen LogP) is 3.63. The molecule has 2 N–H and O–H groups in total.